The molecule has 162 valence electrons. The summed E-state index contributed by atoms with van der Waals surface area (Å²) in [6, 6.07) is 8.75. The first kappa shape index (κ1) is 21.8. The zero-order chi connectivity index (χ0) is 21.5. The summed E-state index contributed by atoms with van der Waals surface area (Å²) in [5.74, 6) is 0.391. The Hall–Kier alpha value is -2.91. The van der Waals surface area contributed by atoms with Crippen molar-refractivity contribution in [3.8, 4) is 5.75 Å². The number of carbonyl (C=O) groups excluding carboxylic acids is 2. The smallest absolute Gasteiger partial charge is 0.228 e. The molecular weight excluding hydrogens is 388 g/mol. The Balaban J connectivity index is 1.42. The van der Waals surface area contributed by atoms with E-state index in [9.17, 15) is 14.7 Å². The summed E-state index contributed by atoms with van der Waals surface area (Å²) in [6.45, 7) is 6.72. The number of nitrogens with zero attached hydrogens (tertiary/aromatic N) is 2. The fourth-order valence-electron chi connectivity index (χ4n) is 3.13. The van der Waals surface area contributed by atoms with Crippen LogP contribution in [0.4, 0.5) is 5.82 Å². The van der Waals surface area contributed by atoms with Crippen molar-refractivity contribution < 1.29 is 24.0 Å². The van der Waals surface area contributed by atoms with Crippen molar-refractivity contribution in [3.05, 3.63) is 41.7 Å². The molecular formula is C21H28N4O5. The third-order valence-electron chi connectivity index (χ3n) is 4.74. The molecule has 3 rings (SSSR count). The molecule has 2 amide bonds. The number of phenols is 1. The molecule has 9 nitrogen and oxygen atoms in total. The number of rotatable bonds is 8. The number of morpholine rings is 1. The number of hydrogen-bond donors (Lipinski definition) is 3. The number of phenolic OH excluding ortho intramolecular Hbond substituents is 1. The van der Waals surface area contributed by atoms with Crippen molar-refractivity contribution in [2.75, 3.05) is 31.6 Å². The molecule has 0 spiro atoms. The zero-order valence-corrected chi connectivity index (χ0v) is 17.3. The van der Waals surface area contributed by atoms with E-state index in [1.54, 1.807) is 32.0 Å². The first-order valence-corrected chi connectivity index (χ1v) is 10.0. The molecule has 3 N–H and O–H groups in total. The van der Waals surface area contributed by atoms with Crippen LogP contribution < -0.4 is 10.6 Å². The van der Waals surface area contributed by atoms with E-state index in [-0.39, 0.29) is 36.0 Å². The van der Waals surface area contributed by atoms with Gasteiger partial charge in [-0.15, -0.1) is 0 Å². The highest BCUT2D eigenvalue weighted by molar-refractivity contribution is 5.91. The van der Waals surface area contributed by atoms with Gasteiger partial charge in [-0.05, 0) is 17.7 Å². The van der Waals surface area contributed by atoms with Crippen molar-refractivity contribution in [3.63, 3.8) is 0 Å². The molecule has 2 heterocycles. The molecule has 9 heteroatoms. The van der Waals surface area contributed by atoms with Gasteiger partial charge in [-0.1, -0.05) is 31.1 Å². The second-order valence-electron chi connectivity index (χ2n) is 7.70. The summed E-state index contributed by atoms with van der Waals surface area (Å²) in [5.41, 5.74) is 1.03. The molecule has 1 aliphatic heterocycles. The number of nitrogens with one attached hydrogen (secondary N) is 2. The monoisotopic (exact) mass is 416 g/mol. The minimum absolute atomic E-state index is 0.0320. The van der Waals surface area contributed by atoms with Gasteiger partial charge in [0, 0.05) is 38.2 Å². The summed E-state index contributed by atoms with van der Waals surface area (Å²) in [6.07, 6.45) is -0.0831. The fourth-order valence-corrected chi connectivity index (χ4v) is 3.13. The number of amides is 2. The van der Waals surface area contributed by atoms with Crippen LogP contribution in [0.25, 0.3) is 0 Å². The molecule has 1 saturated heterocycles. The molecule has 0 aliphatic carbocycles. The van der Waals surface area contributed by atoms with Gasteiger partial charge in [0.25, 0.3) is 0 Å². The van der Waals surface area contributed by atoms with Gasteiger partial charge >= 0.3 is 0 Å². The highest BCUT2D eigenvalue weighted by Crippen LogP contribution is 2.15. The normalized spacial score (nSPS) is 17.1. The molecule has 0 unspecified atom stereocenters. The molecule has 1 fully saturated rings. The molecule has 1 aromatic carbocycles. The van der Waals surface area contributed by atoms with Gasteiger partial charge in [0.2, 0.25) is 11.8 Å². The maximum Gasteiger partial charge on any atom is 0.228 e. The number of aromatic hydroxyl groups is 1. The molecule has 1 aromatic heterocycles. The van der Waals surface area contributed by atoms with Gasteiger partial charge < -0.3 is 25.0 Å². The minimum Gasteiger partial charge on any atom is -0.508 e. The lowest BCUT2D eigenvalue weighted by Gasteiger charge is -2.33. The number of hydrogen-bond acceptors (Lipinski definition) is 7. The Morgan fingerprint density at radius 1 is 1.33 bits per heavy atom. The lowest BCUT2D eigenvalue weighted by Crippen LogP contribution is -2.47. The Morgan fingerprint density at radius 2 is 2.17 bits per heavy atom. The van der Waals surface area contributed by atoms with Crippen molar-refractivity contribution in [1.82, 2.24) is 15.4 Å². The number of ether oxygens (including phenoxy) is 1. The van der Waals surface area contributed by atoms with Crippen LogP contribution >= 0.6 is 0 Å². The Labute approximate surface area is 175 Å². The molecule has 30 heavy (non-hydrogen) atoms. The number of benzene rings is 1. The van der Waals surface area contributed by atoms with E-state index < -0.39 is 0 Å². The van der Waals surface area contributed by atoms with E-state index >= 15 is 0 Å². The van der Waals surface area contributed by atoms with Gasteiger partial charge in [0.15, 0.2) is 5.82 Å². The van der Waals surface area contributed by atoms with Gasteiger partial charge in [0.05, 0.1) is 19.1 Å². The van der Waals surface area contributed by atoms with E-state index in [4.69, 9.17) is 9.26 Å². The van der Waals surface area contributed by atoms with Gasteiger partial charge in [0.1, 0.15) is 11.5 Å². The number of anilines is 1. The van der Waals surface area contributed by atoms with Crippen molar-refractivity contribution in [2.45, 2.75) is 32.9 Å². The van der Waals surface area contributed by atoms with E-state index in [0.29, 0.717) is 37.8 Å². The van der Waals surface area contributed by atoms with Gasteiger partial charge in [-0.2, -0.15) is 0 Å². The second-order valence-corrected chi connectivity index (χ2v) is 7.70. The largest absolute Gasteiger partial charge is 0.508 e. The first-order chi connectivity index (χ1) is 14.4. The topological polar surface area (TPSA) is 117 Å². The van der Waals surface area contributed by atoms with Crippen molar-refractivity contribution in [2.24, 2.45) is 5.92 Å². The van der Waals surface area contributed by atoms with Crippen LogP contribution in [-0.2, 0) is 27.3 Å². The number of carbonyl (C=O) groups is 2. The molecule has 1 atom stereocenters. The predicted molar refractivity (Wildman–Crippen MR) is 110 cm³/mol. The van der Waals surface area contributed by atoms with Gasteiger partial charge in [-0.3, -0.25) is 14.5 Å². The lowest BCUT2D eigenvalue weighted by atomic mass is 10.1. The molecule has 2 aromatic rings. The van der Waals surface area contributed by atoms with Crippen LogP contribution in [0.1, 0.15) is 25.2 Å². The highest BCUT2D eigenvalue weighted by atomic mass is 16.5. The van der Waals surface area contributed by atoms with Crippen LogP contribution in [0.3, 0.4) is 0 Å². The second kappa shape index (κ2) is 10.2. The summed E-state index contributed by atoms with van der Waals surface area (Å²) in [4.78, 5) is 26.1. The molecule has 0 saturated carbocycles. The van der Waals surface area contributed by atoms with Crippen LogP contribution in [0.15, 0.2) is 34.9 Å². The summed E-state index contributed by atoms with van der Waals surface area (Å²) in [5, 5.41) is 18.9. The third kappa shape index (κ3) is 6.57. The lowest BCUT2D eigenvalue weighted by molar-refractivity contribution is -0.122. The number of aromatic nitrogens is 1. The van der Waals surface area contributed by atoms with E-state index in [1.807, 2.05) is 12.1 Å². The first-order valence-electron chi connectivity index (χ1n) is 10.0. The van der Waals surface area contributed by atoms with Crippen molar-refractivity contribution >= 4 is 17.6 Å². The predicted octanol–water partition coefficient (Wildman–Crippen LogP) is 1.53. The van der Waals surface area contributed by atoms with E-state index in [0.717, 1.165) is 12.1 Å². The van der Waals surface area contributed by atoms with Crippen LogP contribution in [0, 0.1) is 5.92 Å². The van der Waals surface area contributed by atoms with Gasteiger partial charge in [-0.25, -0.2) is 0 Å². The zero-order valence-electron chi connectivity index (χ0n) is 17.3. The highest BCUT2D eigenvalue weighted by Gasteiger charge is 2.21. The van der Waals surface area contributed by atoms with Crippen molar-refractivity contribution in [1.29, 1.82) is 0 Å². The molecule has 1 aliphatic rings. The van der Waals surface area contributed by atoms with E-state index in [2.05, 4.69) is 20.7 Å². The molecule has 0 radical (unpaired) electrons. The van der Waals surface area contributed by atoms with E-state index in [1.165, 1.54) is 0 Å². The summed E-state index contributed by atoms with van der Waals surface area (Å²) < 4.78 is 10.9. The fraction of sp³-hybridized carbons (Fsp3) is 0.476. The SMILES string of the molecule is CC(C)C(=O)Nc1cc(CC(=O)NC[C@H]2CN(Cc3cccc(O)c3)CCO2)on1. The summed E-state index contributed by atoms with van der Waals surface area (Å²) in [7, 11) is 0. The Morgan fingerprint density at radius 3 is 2.93 bits per heavy atom. The van der Waals surface area contributed by atoms with Crippen LogP contribution in [0.5, 0.6) is 5.75 Å². The maximum absolute atomic E-state index is 12.2. The standard InChI is InChI=1S/C21H28N4O5/c1-14(2)21(28)23-19-9-17(30-24-19)10-20(27)22-11-18-13-25(6-7-29-18)12-15-4-3-5-16(26)8-15/h3-5,8-9,14,18,26H,6-7,10-13H2,1-2H3,(H,22,27)(H,23,24,28)/t18-/m0/s1. The van der Waals surface area contributed by atoms with Crippen LogP contribution in [0.2, 0.25) is 0 Å². The van der Waals surface area contributed by atoms with Crippen LogP contribution in [-0.4, -0.2) is 59.3 Å². The average molecular weight is 416 g/mol. The quantitative estimate of drug-likeness (QED) is 0.597. The summed E-state index contributed by atoms with van der Waals surface area (Å²) >= 11 is 0. The third-order valence-corrected chi connectivity index (χ3v) is 4.74. The maximum atomic E-state index is 12.2. The Bertz CT molecular complexity index is 867. The Kier molecular flexibility index (Phi) is 7.42. The average Bonchev–Trinajstić information content (AvgIpc) is 3.13. The molecule has 0 bridgehead atoms. The minimum atomic E-state index is -0.207.